The third-order valence-electron chi connectivity index (χ3n) is 3.32. The van der Waals surface area contributed by atoms with Gasteiger partial charge >= 0.3 is 0 Å². The van der Waals surface area contributed by atoms with Crippen LogP contribution in [0.1, 0.15) is 44.9 Å². The molecule has 0 atom stereocenters. The average Bonchev–Trinajstić information content (AvgIpc) is 2.53. The van der Waals surface area contributed by atoms with Crippen LogP contribution in [0.5, 0.6) is 0 Å². The predicted octanol–water partition coefficient (Wildman–Crippen LogP) is 2.64. The van der Waals surface area contributed by atoms with E-state index in [0.717, 1.165) is 0 Å². The van der Waals surface area contributed by atoms with Gasteiger partial charge in [-0.05, 0) is 12.8 Å². The second kappa shape index (κ2) is 3.17. The van der Waals surface area contributed by atoms with Gasteiger partial charge in [0.05, 0.1) is 0 Å². The number of hydrogen-bond donors (Lipinski definition) is 0. The lowest BCUT2D eigenvalue weighted by Crippen LogP contribution is -2.28. The predicted molar refractivity (Wildman–Crippen MR) is 53.6 cm³/mol. The molecule has 1 fully saturated rings. The summed E-state index contributed by atoms with van der Waals surface area (Å²) in [7, 11) is 2.10. The molecule has 0 bridgehead atoms. The zero-order chi connectivity index (χ0) is 9.31. The largest absolute Gasteiger partial charge is 0.338 e. The zero-order valence-electron chi connectivity index (χ0n) is 8.58. The number of aromatic nitrogens is 2. The Bertz CT molecular complexity index is 282. The molecule has 2 nitrogen and oxygen atoms in total. The van der Waals surface area contributed by atoms with Crippen molar-refractivity contribution in [3.63, 3.8) is 0 Å². The monoisotopic (exact) mass is 178 g/mol. The topological polar surface area (TPSA) is 17.8 Å². The minimum absolute atomic E-state index is 0.344. The highest BCUT2D eigenvalue weighted by molar-refractivity contribution is 5.09. The summed E-state index contributed by atoms with van der Waals surface area (Å²) < 4.78 is 2.17. The molecule has 0 spiro atoms. The van der Waals surface area contributed by atoms with Crippen LogP contribution in [0.2, 0.25) is 0 Å². The minimum atomic E-state index is 0.344. The fourth-order valence-corrected chi connectivity index (χ4v) is 2.50. The van der Waals surface area contributed by atoms with Crippen LogP contribution in [0, 0.1) is 0 Å². The van der Waals surface area contributed by atoms with Crippen LogP contribution in [0.25, 0.3) is 0 Å². The standard InChI is InChI=1S/C11H18N2/c1-11(6-4-3-5-7-11)10-12-8-9-13(10)2/h8-9H,3-7H2,1-2H3. The van der Waals surface area contributed by atoms with Crippen molar-refractivity contribution in [3.05, 3.63) is 18.2 Å². The maximum Gasteiger partial charge on any atom is 0.114 e. The maximum absolute atomic E-state index is 4.47. The Kier molecular flexibility index (Phi) is 2.14. The third kappa shape index (κ3) is 1.50. The Morgan fingerprint density at radius 3 is 2.54 bits per heavy atom. The van der Waals surface area contributed by atoms with Gasteiger partial charge in [-0.25, -0.2) is 4.98 Å². The van der Waals surface area contributed by atoms with E-state index in [1.807, 2.05) is 6.20 Å². The van der Waals surface area contributed by atoms with E-state index in [4.69, 9.17) is 0 Å². The first-order valence-electron chi connectivity index (χ1n) is 5.20. The van der Waals surface area contributed by atoms with Gasteiger partial charge in [0.2, 0.25) is 0 Å². The second-order valence-corrected chi connectivity index (χ2v) is 4.48. The van der Waals surface area contributed by atoms with Crippen LogP contribution in [0.3, 0.4) is 0 Å². The molecule has 0 aliphatic heterocycles. The number of nitrogens with zero attached hydrogens (tertiary/aromatic N) is 2. The Hall–Kier alpha value is -0.790. The van der Waals surface area contributed by atoms with Gasteiger partial charge < -0.3 is 4.57 Å². The van der Waals surface area contributed by atoms with Crippen LogP contribution in [0.15, 0.2) is 12.4 Å². The van der Waals surface area contributed by atoms with E-state index in [-0.39, 0.29) is 0 Å². The molecule has 1 aliphatic carbocycles. The Labute approximate surface area is 80.0 Å². The van der Waals surface area contributed by atoms with E-state index in [1.54, 1.807) is 0 Å². The van der Waals surface area contributed by atoms with Crippen molar-refractivity contribution in [1.29, 1.82) is 0 Å². The lowest BCUT2D eigenvalue weighted by molar-refractivity contribution is 0.298. The van der Waals surface area contributed by atoms with Crippen molar-refractivity contribution in [2.75, 3.05) is 0 Å². The molecule has 1 aliphatic rings. The summed E-state index contributed by atoms with van der Waals surface area (Å²) in [5.74, 6) is 1.27. The number of hydrogen-bond acceptors (Lipinski definition) is 1. The second-order valence-electron chi connectivity index (χ2n) is 4.48. The zero-order valence-corrected chi connectivity index (χ0v) is 8.58. The first-order chi connectivity index (χ1) is 6.22. The number of imidazole rings is 1. The van der Waals surface area contributed by atoms with Crippen LogP contribution in [-0.2, 0) is 12.5 Å². The highest BCUT2D eigenvalue weighted by Gasteiger charge is 2.31. The first-order valence-corrected chi connectivity index (χ1v) is 5.20. The molecule has 72 valence electrons. The Morgan fingerprint density at radius 2 is 2.00 bits per heavy atom. The van der Waals surface area contributed by atoms with Gasteiger partial charge in [-0.2, -0.15) is 0 Å². The Morgan fingerprint density at radius 1 is 1.31 bits per heavy atom. The lowest BCUT2D eigenvalue weighted by Gasteiger charge is -2.32. The first kappa shape index (κ1) is 8.79. The maximum atomic E-state index is 4.47. The van der Waals surface area contributed by atoms with E-state index in [1.165, 1.54) is 37.9 Å². The molecule has 0 N–H and O–H groups in total. The highest BCUT2D eigenvalue weighted by atomic mass is 15.0. The van der Waals surface area contributed by atoms with E-state index in [0.29, 0.717) is 5.41 Å². The molecule has 0 saturated heterocycles. The fourth-order valence-electron chi connectivity index (χ4n) is 2.50. The number of rotatable bonds is 1. The summed E-state index contributed by atoms with van der Waals surface area (Å²) in [6.07, 6.45) is 10.7. The third-order valence-corrected chi connectivity index (χ3v) is 3.32. The van der Waals surface area contributed by atoms with Gasteiger partial charge in [0.25, 0.3) is 0 Å². The summed E-state index contributed by atoms with van der Waals surface area (Å²) >= 11 is 0. The van der Waals surface area contributed by atoms with E-state index >= 15 is 0 Å². The summed E-state index contributed by atoms with van der Waals surface area (Å²) in [5, 5.41) is 0. The highest BCUT2D eigenvalue weighted by Crippen LogP contribution is 2.37. The lowest BCUT2D eigenvalue weighted by atomic mass is 9.75. The quantitative estimate of drug-likeness (QED) is 0.646. The van der Waals surface area contributed by atoms with Gasteiger partial charge in [-0.3, -0.25) is 0 Å². The Balaban J connectivity index is 2.27. The van der Waals surface area contributed by atoms with Gasteiger partial charge in [0.1, 0.15) is 5.82 Å². The summed E-state index contributed by atoms with van der Waals surface area (Å²) in [5.41, 5.74) is 0.344. The molecule has 1 aromatic rings. The van der Waals surface area contributed by atoms with Crippen molar-refractivity contribution < 1.29 is 0 Å². The average molecular weight is 178 g/mol. The fraction of sp³-hybridized carbons (Fsp3) is 0.727. The summed E-state index contributed by atoms with van der Waals surface area (Å²) in [6.45, 7) is 2.36. The normalized spacial score (nSPS) is 21.7. The van der Waals surface area contributed by atoms with Crippen LogP contribution >= 0.6 is 0 Å². The smallest absolute Gasteiger partial charge is 0.114 e. The molecule has 0 aromatic carbocycles. The van der Waals surface area contributed by atoms with E-state index < -0.39 is 0 Å². The molecule has 2 rings (SSSR count). The number of aryl methyl sites for hydroxylation is 1. The van der Waals surface area contributed by atoms with Gasteiger partial charge in [0.15, 0.2) is 0 Å². The molecule has 1 aromatic heterocycles. The molecule has 0 amide bonds. The molecule has 2 heteroatoms. The summed E-state index contributed by atoms with van der Waals surface area (Å²) in [4.78, 5) is 4.47. The van der Waals surface area contributed by atoms with Crippen LogP contribution in [-0.4, -0.2) is 9.55 Å². The van der Waals surface area contributed by atoms with Crippen LogP contribution in [0.4, 0.5) is 0 Å². The molecule has 0 unspecified atom stereocenters. The van der Waals surface area contributed by atoms with Gasteiger partial charge in [-0.1, -0.05) is 26.2 Å². The van der Waals surface area contributed by atoms with Gasteiger partial charge in [0, 0.05) is 24.9 Å². The van der Waals surface area contributed by atoms with Crippen molar-refractivity contribution in [1.82, 2.24) is 9.55 Å². The van der Waals surface area contributed by atoms with Crippen molar-refractivity contribution in [2.24, 2.45) is 7.05 Å². The summed E-state index contributed by atoms with van der Waals surface area (Å²) in [6, 6.07) is 0. The molecular formula is C11H18N2. The SMILES string of the molecule is Cn1ccnc1C1(C)CCCCC1. The van der Waals surface area contributed by atoms with Crippen LogP contribution < -0.4 is 0 Å². The van der Waals surface area contributed by atoms with Crippen molar-refractivity contribution in [3.8, 4) is 0 Å². The molecule has 13 heavy (non-hydrogen) atoms. The van der Waals surface area contributed by atoms with Crippen molar-refractivity contribution in [2.45, 2.75) is 44.4 Å². The van der Waals surface area contributed by atoms with E-state index in [2.05, 4.69) is 29.7 Å². The van der Waals surface area contributed by atoms with Gasteiger partial charge in [-0.15, -0.1) is 0 Å². The van der Waals surface area contributed by atoms with E-state index in [9.17, 15) is 0 Å². The van der Waals surface area contributed by atoms with Crippen molar-refractivity contribution >= 4 is 0 Å². The molecule has 1 saturated carbocycles. The molecule has 1 heterocycles. The molecular weight excluding hydrogens is 160 g/mol. The molecule has 0 radical (unpaired) electrons. The minimum Gasteiger partial charge on any atom is -0.338 e.